The van der Waals surface area contributed by atoms with Crippen LogP contribution in [0.15, 0.2) is 42.5 Å². The highest BCUT2D eigenvalue weighted by Gasteiger charge is 2.13. The number of esters is 1. The zero-order chi connectivity index (χ0) is 18.5. The largest absolute Gasteiger partial charge is 0.465 e. The summed E-state index contributed by atoms with van der Waals surface area (Å²) in [5.74, 6) is -0.277. The molecule has 1 aromatic heterocycles. The Kier molecular flexibility index (Phi) is 8.51. The highest BCUT2D eigenvalue weighted by molar-refractivity contribution is 5.81. The first kappa shape index (κ1) is 23.0. The van der Waals surface area contributed by atoms with Crippen LogP contribution in [0.1, 0.15) is 51.0 Å². The Bertz CT molecular complexity index is 901. The summed E-state index contributed by atoms with van der Waals surface area (Å²) in [7, 11) is 0. The van der Waals surface area contributed by atoms with E-state index in [4.69, 9.17) is 4.74 Å². The molecule has 28 heavy (non-hydrogen) atoms. The van der Waals surface area contributed by atoms with Crippen molar-refractivity contribution >= 4 is 23.3 Å². The van der Waals surface area contributed by atoms with E-state index in [1.807, 2.05) is 50.2 Å². The Labute approximate surface area is 166 Å². The maximum Gasteiger partial charge on any atom is 0.308 e. The van der Waals surface area contributed by atoms with Gasteiger partial charge in [-0.3, -0.25) is 9.59 Å². The molecule has 0 radical (unpaired) electrons. The molecule has 0 aliphatic carbocycles. The van der Waals surface area contributed by atoms with E-state index >= 15 is 0 Å². The summed E-state index contributed by atoms with van der Waals surface area (Å²) in [6.45, 7) is 4.11. The zero-order valence-electron chi connectivity index (χ0n) is 14.9. The molecule has 1 heterocycles. The maximum absolute atomic E-state index is 11.8. The van der Waals surface area contributed by atoms with Gasteiger partial charge in [-0.05, 0) is 36.2 Å². The van der Waals surface area contributed by atoms with Crippen molar-refractivity contribution < 1.29 is 14.3 Å². The quantitative estimate of drug-likeness (QED) is 0.439. The molecule has 150 valence electrons. The van der Waals surface area contributed by atoms with Crippen LogP contribution < -0.4 is 0 Å². The number of hydrogen-bond acceptors (Lipinski definition) is 5. The molecule has 0 saturated carbocycles. The van der Waals surface area contributed by atoms with Gasteiger partial charge in [0, 0.05) is 12.0 Å². The molecule has 2 aromatic carbocycles. The van der Waals surface area contributed by atoms with Gasteiger partial charge in [-0.15, -0.1) is 15.0 Å². The van der Waals surface area contributed by atoms with E-state index in [1.54, 1.807) is 6.07 Å². The van der Waals surface area contributed by atoms with Crippen molar-refractivity contribution in [3.63, 3.8) is 0 Å². The highest BCUT2D eigenvalue weighted by atomic mass is 16.5. The van der Waals surface area contributed by atoms with Crippen LogP contribution >= 0.6 is 0 Å². The van der Waals surface area contributed by atoms with E-state index in [-0.39, 0.29) is 26.7 Å². The molecule has 0 bridgehead atoms. The van der Waals surface area contributed by atoms with Gasteiger partial charge in [0.15, 0.2) is 6.29 Å². The monoisotopic (exact) mass is 383 g/mol. The molecule has 0 amide bonds. The van der Waals surface area contributed by atoms with Gasteiger partial charge < -0.3 is 4.74 Å². The predicted octanol–water partition coefficient (Wildman–Crippen LogP) is 4.64. The van der Waals surface area contributed by atoms with Crippen molar-refractivity contribution in [2.75, 3.05) is 6.61 Å². The lowest BCUT2D eigenvalue weighted by Gasteiger charge is -2.10. The minimum Gasteiger partial charge on any atom is -0.465 e. The van der Waals surface area contributed by atoms with Gasteiger partial charge in [-0.1, -0.05) is 46.9 Å². The molecule has 0 spiro atoms. The molecule has 0 aliphatic rings. The van der Waals surface area contributed by atoms with Gasteiger partial charge in [0.2, 0.25) is 0 Å². The van der Waals surface area contributed by atoms with Crippen molar-refractivity contribution in [2.45, 2.75) is 41.5 Å². The summed E-state index contributed by atoms with van der Waals surface area (Å²) in [5, 5.41) is 8.87. The van der Waals surface area contributed by atoms with Crippen LogP contribution in [0.2, 0.25) is 0 Å². The van der Waals surface area contributed by atoms with Gasteiger partial charge in [-0.25, -0.2) is 0 Å². The number of fused-ring (bicyclic) bond motifs is 1. The molecule has 1 unspecified atom stereocenters. The Hall–Kier alpha value is -3.02. The number of benzene rings is 2. The number of aldehydes is 1. The van der Waals surface area contributed by atoms with E-state index in [2.05, 4.69) is 10.2 Å². The second kappa shape index (κ2) is 10.3. The SMILES string of the molecule is C.C.CCC(C)C(=O)OCCc1ccc(C=O)c(-n2nc3ccccc3n2)c1. The van der Waals surface area contributed by atoms with Crippen LogP contribution in [-0.2, 0) is 16.0 Å². The lowest BCUT2D eigenvalue weighted by atomic mass is 10.1. The van der Waals surface area contributed by atoms with E-state index < -0.39 is 0 Å². The molecule has 1 atom stereocenters. The third-order valence-electron chi connectivity index (χ3n) is 4.37. The number of ether oxygens (including phenoxy) is 1. The lowest BCUT2D eigenvalue weighted by Crippen LogP contribution is -2.15. The average molecular weight is 383 g/mol. The molecule has 0 aliphatic heterocycles. The van der Waals surface area contributed by atoms with Crippen molar-refractivity contribution in [1.29, 1.82) is 0 Å². The first-order valence-corrected chi connectivity index (χ1v) is 8.69. The van der Waals surface area contributed by atoms with E-state index in [1.165, 1.54) is 4.80 Å². The third-order valence-corrected chi connectivity index (χ3v) is 4.37. The fourth-order valence-electron chi connectivity index (χ4n) is 2.56. The van der Waals surface area contributed by atoms with Crippen LogP contribution in [0, 0.1) is 5.92 Å². The molecule has 3 rings (SSSR count). The van der Waals surface area contributed by atoms with Crippen molar-refractivity contribution in [3.8, 4) is 5.69 Å². The molecule has 0 N–H and O–H groups in total. The molecular weight excluding hydrogens is 354 g/mol. The number of carbonyl (C=O) groups excluding carboxylic acids is 2. The Balaban J connectivity index is 0.00000196. The van der Waals surface area contributed by atoms with Gasteiger partial charge in [0.05, 0.1) is 18.2 Å². The smallest absolute Gasteiger partial charge is 0.308 e. The van der Waals surface area contributed by atoms with Crippen LogP contribution in [0.5, 0.6) is 0 Å². The maximum atomic E-state index is 11.8. The van der Waals surface area contributed by atoms with Crippen LogP contribution in [-0.4, -0.2) is 33.9 Å². The standard InChI is InChI=1S/C20H21N3O3.2CH4/c1-3-14(2)20(25)26-11-10-15-8-9-16(13-24)19(12-15)23-21-17-6-4-5-7-18(17)22-23;;/h4-9,12-14H,3,10-11H2,1-2H3;2*1H4. The number of rotatable bonds is 7. The molecular formula is C22H29N3O3. The van der Waals surface area contributed by atoms with Crippen LogP contribution in [0.25, 0.3) is 16.7 Å². The third kappa shape index (κ3) is 5.03. The molecule has 0 saturated heterocycles. The Morgan fingerprint density at radius 3 is 2.36 bits per heavy atom. The van der Waals surface area contributed by atoms with Crippen molar-refractivity contribution in [3.05, 3.63) is 53.6 Å². The van der Waals surface area contributed by atoms with Gasteiger partial charge in [-0.2, -0.15) is 0 Å². The number of aromatic nitrogens is 3. The summed E-state index contributed by atoms with van der Waals surface area (Å²) in [4.78, 5) is 24.6. The number of hydrogen-bond donors (Lipinski definition) is 0. The zero-order valence-corrected chi connectivity index (χ0v) is 14.9. The van der Waals surface area contributed by atoms with Gasteiger partial charge >= 0.3 is 5.97 Å². The molecule has 6 heteroatoms. The first-order chi connectivity index (χ1) is 12.6. The Morgan fingerprint density at radius 1 is 1.14 bits per heavy atom. The topological polar surface area (TPSA) is 74.1 Å². The summed E-state index contributed by atoms with van der Waals surface area (Å²) in [6, 6.07) is 13.0. The van der Waals surface area contributed by atoms with Crippen molar-refractivity contribution in [2.24, 2.45) is 5.92 Å². The van der Waals surface area contributed by atoms with E-state index in [0.29, 0.717) is 24.3 Å². The second-order valence-electron chi connectivity index (χ2n) is 6.22. The summed E-state index contributed by atoms with van der Waals surface area (Å²) in [6.07, 6.45) is 2.11. The van der Waals surface area contributed by atoms with Gasteiger partial charge in [0.25, 0.3) is 0 Å². The fourth-order valence-corrected chi connectivity index (χ4v) is 2.56. The summed E-state index contributed by atoms with van der Waals surface area (Å²) in [5.41, 5.74) is 3.59. The number of nitrogens with zero attached hydrogens (tertiary/aromatic N) is 3. The van der Waals surface area contributed by atoms with E-state index in [9.17, 15) is 9.59 Å². The van der Waals surface area contributed by atoms with E-state index in [0.717, 1.165) is 29.3 Å². The highest BCUT2D eigenvalue weighted by Crippen LogP contribution is 2.17. The lowest BCUT2D eigenvalue weighted by molar-refractivity contribution is -0.147. The van der Waals surface area contributed by atoms with Crippen molar-refractivity contribution in [1.82, 2.24) is 15.0 Å². The number of carbonyl (C=O) groups is 2. The van der Waals surface area contributed by atoms with Gasteiger partial charge in [0.1, 0.15) is 11.0 Å². The predicted molar refractivity (Wildman–Crippen MR) is 112 cm³/mol. The normalized spacial score (nSPS) is 11.2. The minimum atomic E-state index is -0.183. The summed E-state index contributed by atoms with van der Waals surface area (Å²) < 4.78 is 5.30. The molecule has 3 aromatic rings. The Morgan fingerprint density at radius 2 is 1.79 bits per heavy atom. The summed E-state index contributed by atoms with van der Waals surface area (Å²) >= 11 is 0. The van der Waals surface area contributed by atoms with Crippen LogP contribution in [0.3, 0.4) is 0 Å². The molecule has 6 nitrogen and oxygen atoms in total. The molecule has 0 fully saturated rings. The van der Waals surface area contributed by atoms with Crippen LogP contribution in [0.4, 0.5) is 0 Å². The fraction of sp³-hybridized carbons (Fsp3) is 0.364. The second-order valence-corrected chi connectivity index (χ2v) is 6.22. The first-order valence-electron chi connectivity index (χ1n) is 8.69. The minimum absolute atomic E-state index is 0. The average Bonchev–Trinajstić information content (AvgIpc) is 3.11.